The molecule has 25 heavy (non-hydrogen) atoms. The number of nitrogens with zero attached hydrogens (tertiary/aromatic N) is 2. The van der Waals surface area contributed by atoms with Crippen molar-refractivity contribution in [3.8, 4) is 0 Å². The summed E-state index contributed by atoms with van der Waals surface area (Å²) in [4.78, 5) is 17.9. The molecule has 3 rings (SSSR count). The van der Waals surface area contributed by atoms with Gasteiger partial charge in [-0.15, -0.1) is 0 Å². The van der Waals surface area contributed by atoms with Crippen molar-refractivity contribution in [2.75, 3.05) is 24.5 Å². The molecule has 2 aliphatic rings. The first-order valence-electron chi connectivity index (χ1n) is 8.36. The van der Waals surface area contributed by atoms with Crippen molar-refractivity contribution in [3.05, 3.63) is 22.8 Å². The number of anilines is 1. The predicted molar refractivity (Wildman–Crippen MR) is 88.7 cm³/mol. The molecule has 2 atom stereocenters. The molecule has 138 valence electrons. The van der Waals surface area contributed by atoms with Crippen molar-refractivity contribution in [2.45, 2.75) is 43.9 Å². The summed E-state index contributed by atoms with van der Waals surface area (Å²) in [6.45, 7) is 1.91. The highest BCUT2D eigenvalue weighted by atomic mass is 35.5. The van der Waals surface area contributed by atoms with Crippen molar-refractivity contribution in [2.24, 2.45) is 0 Å². The van der Waals surface area contributed by atoms with Crippen LogP contribution in [0.5, 0.6) is 0 Å². The van der Waals surface area contributed by atoms with E-state index in [0.29, 0.717) is 25.3 Å². The lowest BCUT2D eigenvalue weighted by Crippen LogP contribution is -2.50. The van der Waals surface area contributed by atoms with Gasteiger partial charge in [-0.25, -0.2) is 4.98 Å². The topological polar surface area (TPSA) is 57.3 Å². The molecule has 2 N–H and O–H groups in total. The van der Waals surface area contributed by atoms with E-state index in [9.17, 15) is 18.0 Å². The maximum absolute atomic E-state index is 12.7. The van der Waals surface area contributed by atoms with Crippen LogP contribution in [0.15, 0.2) is 12.3 Å². The molecule has 5 nitrogen and oxygen atoms in total. The van der Waals surface area contributed by atoms with E-state index in [4.69, 9.17) is 11.6 Å². The van der Waals surface area contributed by atoms with Gasteiger partial charge in [0, 0.05) is 25.3 Å². The molecule has 2 saturated heterocycles. The van der Waals surface area contributed by atoms with Gasteiger partial charge < -0.3 is 15.5 Å². The fraction of sp³-hybridized carbons (Fsp3) is 0.625. The van der Waals surface area contributed by atoms with Crippen LogP contribution in [0.2, 0.25) is 5.02 Å². The molecule has 1 aromatic heterocycles. The molecule has 0 aliphatic carbocycles. The monoisotopic (exact) mass is 376 g/mol. The molecule has 0 bridgehead atoms. The van der Waals surface area contributed by atoms with E-state index < -0.39 is 11.7 Å². The van der Waals surface area contributed by atoms with Gasteiger partial charge in [-0.2, -0.15) is 13.2 Å². The zero-order chi connectivity index (χ0) is 18.0. The van der Waals surface area contributed by atoms with Crippen LogP contribution in [0.3, 0.4) is 0 Å². The van der Waals surface area contributed by atoms with Gasteiger partial charge in [0.05, 0.1) is 16.6 Å². The number of nitrogens with one attached hydrogen (secondary N) is 2. The number of carbonyl (C=O) groups is 1. The van der Waals surface area contributed by atoms with Crippen molar-refractivity contribution >= 4 is 23.3 Å². The maximum Gasteiger partial charge on any atom is 0.417 e. The van der Waals surface area contributed by atoms with Crippen molar-refractivity contribution in [3.63, 3.8) is 0 Å². The van der Waals surface area contributed by atoms with E-state index >= 15 is 0 Å². The zero-order valence-electron chi connectivity index (χ0n) is 13.6. The Morgan fingerprint density at radius 2 is 2.16 bits per heavy atom. The third-order valence-electron chi connectivity index (χ3n) is 4.61. The van der Waals surface area contributed by atoms with Gasteiger partial charge in [0.15, 0.2) is 0 Å². The van der Waals surface area contributed by atoms with Crippen LogP contribution in [0.4, 0.5) is 19.0 Å². The molecule has 1 aromatic rings. The molecule has 9 heteroatoms. The standard InChI is InChI=1S/C16H20ClF3N4O/c17-12-7-10(16(18,19)20)8-22-14(12)24-6-4-11(9-24)23-15(25)13-3-1-2-5-21-13/h7-8,11,13,21H,1-6,9H2,(H,23,25)/t11?,13-/m1/s1. The highest BCUT2D eigenvalue weighted by Gasteiger charge is 2.33. The van der Waals surface area contributed by atoms with Crippen LogP contribution >= 0.6 is 11.6 Å². The van der Waals surface area contributed by atoms with Gasteiger partial charge in [0.25, 0.3) is 0 Å². The highest BCUT2D eigenvalue weighted by Crippen LogP contribution is 2.34. The first-order valence-corrected chi connectivity index (χ1v) is 8.74. The fourth-order valence-electron chi connectivity index (χ4n) is 3.27. The Morgan fingerprint density at radius 3 is 2.80 bits per heavy atom. The van der Waals surface area contributed by atoms with Crippen LogP contribution < -0.4 is 15.5 Å². The minimum atomic E-state index is -4.47. The largest absolute Gasteiger partial charge is 0.417 e. The van der Waals surface area contributed by atoms with Gasteiger partial charge in [-0.3, -0.25) is 4.79 Å². The molecular weight excluding hydrogens is 357 g/mol. The van der Waals surface area contributed by atoms with Crippen LogP contribution in [0, 0.1) is 0 Å². The first-order chi connectivity index (χ1) is 11.8. The molecular formula is C16H20ClF3N4O. The number of halogens is 4. The summed E-state index contributed by atoms with van der Waals surface area (Å²) < 4.78 is 38.1. The van der Waals surface area contributed by atoms with Crippen LogP contribution in [-0.4, -0.2) is 42.6 Å². The Balaban J connectivity index is 1.60. The molecule has 0 spiro atoms. The lowest BCUT2D eigenvalue weighted by Gasteiger charge is -2.25. The molecule has 2 fully saturated rings. The number of piperidine rings is 1. The number of pyridine rings is 1. The first kappa shape index (κ1) is 18.3. The average Bonchev–Trinajstić information content (AvgIpc) is 3.03. The molecule has 0 radical (unpaired) electrons. The van der Waals surface area contributed by atoms with E-state index in [0.717, 1.165) is 38.1 Å². The SMILES string of the molecule is O=C(NC1CCN(c2ncc(C(F)(F)F)cc2Cl)C1)[C@H]1CCCCN1. The highest BCUT2D eigenvalue weighted by molar-refractivity contribution is 6.33. The van der Waals surface area contributed by atoms with Gasteiger partial charge >= 0.3 is 6.18 Å². The Hall–Kier alpha value is -1.54. The van der Waals surface area contributed by atoms with Crippen molar-refractivity contribution in [1.29, 1.82) is 0 Å². The molecule has 1 unspecified atom stereocenters. The summed E-state index contributed by atoms with van der Waals surface area (Å²) >= 11 is 5.99. The Morgan fingerprint density at radius 1 is 1.36 bits per heavy atom. The average molecular weight is 377 g/mol. The normalized spacial score (nSPS) is 24.4. The maximum atomic E-state index is 12.7. The molecule has 2 aliphatic heterocycles. The molecule has 0 aromatic carbocycles. The minimum absolute atomic E-state index is 0.0157. The second-order valence-electron chi connectivity index (χ2n) is 6.47. The number of hydrogen-bond acceptors (Lipinski definition) is 4. The third kappa shape index (κ3) is 4.36. The van der Waals surface area contributed by atoms with Crippen molar-refractivity contribution in [1.82, 2.24) is 15.6 Å². The Labute approximate surface area is 148 Å². The second kappa shape index (κ2) is 7.37. The van der Waals surface area contributed by atoms with E-state index in [2.05, 4.69) is 15.6 Å². The van der Waals surface area contributed by atoms with Crippen LogP contribution in [0.1, 0.15) is 31.2 Å². The van der Waals surface area contributed by atoms with Crippen LogP contribution in [0.25, 0.3) is 0 Å². The zero-order valence-corrected chi connectivity index (χ0v) is 14.3. The predicted octanol–water partition coefficient (Wildman–Crippen LogP) is 2.59. The van der Waals surface area contributed by atoms with E-state index in [1.165, 1.54) is 0 Å². The summed E-state index contributed by atoms with van der Waals surface area (Å²) in [5.74, 6) is 0.306. The van der Waals surface area contributed by atoms with Gasteiger partial charge in [-0.05, 0) is 31.9 Å². The summed E-state index contributed by atoms with van der Waals surface area (Å²) in [6.07, 6.45) is -0.0269. The Kier molecular flexibility index (Phi) is 5.38. The van der Waals surface area contributed by atoms with Gasteiger partial charge in [-0.1, -0.05) is 18.0 Å². The molecule has 3 heterocycles. The third-order valence-corrected chi connectivity index (χ3v) is 4.89. The lowest BCUT2D eigenvalue weighted by atomic mass is 10.0. The number of aromatic nitrogens is 1. The minimum Gasteiger partial charge on any atom is -0.353 e. The number of carbonyl (C=O) groups excluding carboxylic acids is 1. The van der Waals surface area contributed by atoms with E-state index in [1.54, 1.807) is 0 Å². The van der Waals surface area contributed by atoms with Gasteiger partial charge in [0.1, 0.15) is 5.82 Å². The summed E-state index contributed by atoms with van der Waals surface area (Å²) in [6, 6.07) is 0.675. The quantitative estimate of drug-likeness (QED) is 0.851. The lowest BCUT2D eigenvalue weighted by molar-refractivity contribution is -0.137. The number of hydrogen-bond donors (Lipinski definition) is 2. The van der Waals surface area contributed by atoms with Crippen molar-refractivity contribution < 1.29 is 18.0 Å². The Bertz CT molecular complexity index is 634. The van der Waals surface area contributed by atoms with E-state index in [-0.39, 0.29) is 23.0 Å². The number of rotatable bonds is 3. The second-order valence-corrected chi connectivity index (χ2v) is 6.88. The number of alkyl halides is 3. The van der Waals surface area contributed by atoms with Crippen LogP contribution in [-0.2, 0) is 11.0 Å². The fourth-order valence-corrected chi connectivity index (χ4v) is 3.55. The van der Waals surface area contributed by atoms with E-state index in [1.807, 2.05) is 4.90 Å². The summed E-state index contributed by atoms with van der Waals surface area (Å²) in [5, 5.41) is 6.18. The molecule has 0 saturated carbocycles. The smallest absolute Gasteiger partial charge is 0.353 e. The number of amides is 1. The summed E-state index contributed by atoms with van der Waals surface area (Å²) in [7, 11) is 0. The summed E-state index contributed by atoms with van der Waals surface area (Å²) in [5.41, 5.74) is -0.867. The van der Waals surface area contributed by atoms with Gasteiger partial charge in [0.2, 0.25) is 5.91 Å². The molecule has 1 amide bonds.